The molecule has 0 saturated carbocycles. The van der Waals surface area contributed by atoms with E-state index in [9.17, 15) is 0 Å². The van der Waals surface area contributed by atoms with Gasteiger partial charge in [-0.2, -0.15) is 0 Å². The number of hydrogen-bond donors (Lipinski definition) is 0. The van der Waals surface area contributed by atoms with Crippen LogP contribution in [0.2, 0.25) is 0 Å². The molecule has 0 rings (SSSR count). The van der Waals surface area contributed by atoms with Crippen LogP contribution in [-0.4, -0.2) is 24.5 Å². The summed E-state index contributed by atoms with van der Waals surface area (Å²) in [6.07, 6.45) is 10.4. The van der Waals surface area contributed by atoms with E-state index >= 15 is 0 Å². The van der Waals surface area contributed by atoms with Crippen LogP contribution in [0, 0.1) is 0 Å². The van der Waals surface area contributed by atoms with Gasteiger partial charge in [-0.1, -0.05) is 51.2 Å². The van der Waals surface area contributed by atoms with Gasteiger partial charge in [0.2, 0.25) is 0 Å². The van der Waals surface area contributed by atoms with Crippen LogP contribution in [0.4, 0.5) is 0 Å². The van der Waals surface area contributed by atoms with Crippen LogP contribution in [0.3, 0.4) is 0 Å². The van der Waals surface area contributed by atoms with Crippen molar-refractivity contribution in [1.82, 2.24) is 4.90 Å². The highest BCUT2D eigenvalue weighted by Crippen LogP contribution is 2.05. The van der Waals surface area contributed by atoms with Crippen LogP contribution in [0.25, 0.3) is 0 Å². The van der Waals surface area contributed by atoms with Crippen molar-refractivity contribution in [2.45, 2.75) is 66.2 Å². The van der Waals surface area contributed by atoms with Crippen LogP contribution < -0.4 is 0 Å². The number of unbranched alkanes of at least 4 members (excludes halogenated alkanes) is 4. The molecule has 0 aromatic heterocycles. The van der Waals surface area contributed by atoms with Crippen molar-refractivity contribution in [3.05, 3.63) is 11.6 Å². The molecule has 96 valence electrons. The lowest BCUT2D eigenvalue weighted by atomic mass is 10.2. The van der Waals surface area contributed by atoms with E-state index in [0.29, 0.717) is 0 Å². The summed E-state index contributed by atoms with van der Waals surface area (Å²) in [5, 5.41) is 0. The molecule has 0 N–H and O–H groups in total. The highest BCUT2D eigenvalue weighted by molar-refractivity contribution is 4.98. The topological polar surface area (TPSA) is 3.24 Å². The van der Waals surface area contributed by atoms with E-state index in [1.807, 2.05) is 0 Å². The summed E-state index contributed by atoms with van der Waals surface area (Å²) in [4.78, 5) is 2.63. The summed E-state index contributed by atoms with van der Waals surface area (Å²) >= 11 is 0. The molecule has 0 unspecified atom stereocenters. The van der Waals surface area contributed by atoms with Gasteiger partial charge in [0.15, 0.2) is 0 Å². The molecular weight excluding hydrogens is 194 g/mol. The Bertz CT molecular complexity index is 162. The van der Waals surface area contributed by atoms with Gasteiger partial charge < -0.3 is 0 Å². The normalized spacial score (nSPS) is 12.4. The molecule has 0 radical (unpaired) electrons. The molecule has 0 atom stereocenters. The molecule has 0 amide bonds. The molecule has 0 aromatic rings. The van der Waals surface area contributed by atoms with Crippen molar-refractivity contribution < 1.29 is 0 Å². The second-order valence-electron chi connectivity index (χ2n) is 4.83. The van der Waals surface area contributed by atoms with Gasteiger partial charge in [-0.05, 0) is 39.8 Å². The van der Waals surface area contributed by atoms with Gasteiger partial charge in [-0.3, -0.25) is 4.90 Å². The van der Waals surface area contributed by atoms with Crippen molar-refractivity contribution in [2.75, 3.05) is 19.6 Å². The highest BCUT2D eigenvalue weighted by atomic mass is 15.1. The Morgan fingerprint density at radius 1 is 0.938 bits per heavy atom. The Labute approximate surface area is 103 Å². The first kappa shape index (κ1) is 15.7. The third-order valence-electron chi connectivity index (χ3n) is 3.12. The molecule has 1 nitrogen and oxygen atoms in total. The zero-order valence-corrected chi connectivity index (χ0v) is 11.9. The molecule has 0 saturated heterocycles. The molecule has 0 aliphatic rings. The number of hydrogen-bond acceptors (Lipinski definition) is 1. The van der Waals surface area contributed by atoms with Crippen LogP contribution in [-0.2, 0) is 0 Å². The largest absolute Gasteiger partial charge is 0.299 e. The summed E-state index contributed by atoms with van der Waals surface area (Å²) in [6.45, 7) is 12.7. The number of rotatable bonds is 10. The molecule has 0 aliphatic heterocycles. The first-order valence-electron chi connectivity index (χ1n) is 7.08. The summed E-state index contributed by atoms with van der Waals surface area (Å²) < 4.78 is 0. The van der Waals surface area contributed by atoms with E-state index in [-0.39, 0.29) is 0 Å². The molecule has 1 heteroatoms. The van der Waals surface area contributed by atoms with Crippen molar-refractivity contribution >= 4 is 0 Å². The first-order valence-corrected chi connectivity index (χ1v) is 7.08. The van der Waals surface area contributed by atoms with E-state index < -0.39 is 0 Å². The summed E-state index contributed by atoms with van der Waals surface area (Å²) in [5.74, 6) is 0. The van der Waals surface area contributed by atoms with Gasteiger partial charge in [-0.25, -0.2) is 0 Å². The smallest absolute Gasteiger partial charge is 0.0189 e. The third-order valence-corrected chi connectivity index (χ3v) is 3.12. The van der Waals surface area contributed by atoms with Crippen molar-refractivity contribution in [1.29, 1.82) is 0 Å². The number of allylic oxidation sites excluding steroid dienone is 1. The Balaban J connectivity index is 3.85. The van der Waals surface area contributed by atoms with Crippen LogP contribution >= 0.6 is 0 Å². The quantitative estimate of drug-likeness (QED) is 0.387. The maximum atomic E-state index is 2.63. The van der Waals surface area contributed by atoms with Crippen molar-refractivity contribution in [2.24, 2.45) is 0 Å². The fourth-order valence-corrected chi connectivity index (χ4v) is 1.88. The van der Waals surface area contributed by atoms with E-state index in [1.165, 1.54) is 63.7 Å². The Kier molecular flexibility index (Phi) is 11.0. The second-order valence-corrected chi connectivity index (χ2v) is 4.83. The molecule has 0 fully saturated rings. The van der Waals surface area contributed by atoms with Gasteiger partial charge in [-0.15, -0.1) is 0 Å². The summed E-state index contributed by atoms with van der Waals surface area (Å²) in [7, 11) is 0. The van der Waals surface area contributed by atoms with Crippen LogP contribution in [0.15, 0.2) is 11.6 Å². The fraction of sp³-hybridized carbons (Fsp3) is 0.867. The molecule has 0 spiro atoms. The lowest BCUT2D eigenvalue weighted by molar-refractivity contribution is 0.282. The second kappa shape index (κ2) is 11.2. The maximum Gasteiger partial charge on any atom is 0.0189 e. The minimum Gasteiger partial charge on any atom is -0.299 e. The molecular formula is C15H31N. The lowest BCUT2D eigenvalue weighted by Crippen LogP contribution is -2.27. The van der Waals surface area contributed by atoms with Crippen molar-refractivity contribution in [3.8, 4) is 0 Å². The molecule has 0 aromatic carbocycles. The summed E-state index contributed by atoms with van der Waals surface area (Å²) in [6, 6.07) is 0. The highest BCUT2D eigenvalue weighted by Gasteiger charge is 2.04. The Morgan fingerprint density at radius 3 is 1.81 bits per heavy atom. The predicted molar refractivity (Wildman–Crippen MR) is 74.9 cm³/mol. The predicted octanol–water partition coefficient (Wildman–Crippen LogP) is 4.64. The molecule has 16 heavy (non-hydrogen) atoms. The average molecular weight is 225 g/mol. The fourth-order valence-electron chi connectivity index (χ4n) is 1.88. The Hall–Kier alpha value is -0.300. The number of nitrogens with zero attached hydrogens (tertiary/aromatic N) is 1. The molecule has 0 aliphatic carbocycles. The zero-order chi connectivity index (χ0) is 12.2. The molecule has 0 heterocycles. The van der Waals surface area contributed by atoms with Gasteiger partial charge in [0, 0.05) is 6.54 Å². The van der Waals surface area contributed by atoms with E-state index in [4.69, 9.17) is 0 Å². The van der Waals surface area contributed by atoms with Crippen LogP contribution in [0.1, 0.15) is 66.2 Å². The SMILES string of the molecule is CC=C(C)CN(CCCCC)CCCCC. The Morgan fingerprint density at radius 2 is 1.44 bits per heavy atom. The van der Waals surface area contributed by atoms with E-state index in [2.05, 4.69) is 38.7 Å². The van der Waals surface area contributed by atoms with E-state index in [0.717, 1.165) is 0 Å². The van der Waals surface area contributed by atoms with Gasteiger partial charge in [0.25, 0.3) is 0 Å². The maximum absolute atomic E-state index is 2.63. The molecule has 0 bridgehead atoms. The average Bonchev–Trinajstić information content (AvgIpc) is 2.29. The standard InChI is InChI=1S/C15H31N/c1-5-8-10-12-16(13-11-9-6-2)14-15(4)7-3/h7H,5-6,8-14H2,1-4H3. The van der Waals surface area contributed by atoms with Gasteiger partial charge >= 0.3 is 0 Å². The van der Waals surface area contributed by atoms with Gasteiger partial charge in [0.1, 0.15) is 0 Å². The minimum atomic E-state index is 1.17. The van der Waals surface area contributed by atoms with Gasteiger partial charge in [0.05, 0.1) is 0 Å². The van der Waals surface area contributed by atoms with Crippen molar-refractivity contribution in [3.63, 3.8) is 0 Å². The zero-order valence-electron chi connectivity index (χ0n) is 11.9. The first-order chi connectivity index (χ1) is 7.74. The monoisotopic (exact) mass is 225 g/mol. The summed E-state index contributed by atoms with van der Waals surface area (Å²) in [5.41, 5.74) is 1.51. The minimum absolute atomic E-state index is 1.17. The van der Waals surface area contributed by atoms with Crippen LogP contribution in [0.5, 0.6) is 0 Å². The lowest BCUT2D eigenvalue weighted by Gasteiger charge is -2.22. The van der Waals surface area contributed by atoms with E-state index in [1.54, 1.807) is 0 Å². The third kappa shape index (κ3) is 8.96.